The summed E-state index contributed by atoms with van der Waals surface area (Å²) in [4.78, 5) is 0. The van der Waals surface area contributed by atoms with Crippen LogP contribution < -0.4 is 5.73 Å². The van der Waals surface area contributed by atoms with Crippen molar-refractivity contribution in [1.82, 2.24) is 0 Å². The minimum Gasteiger partial charge on any atom is -0.327 e. The van der Waals surface area contributed by atoms with E-state index >= 15 is 0 Å². The fourth-order valence-corrected chi connectivity index (χ4v) is 0.462. The average molecular weight is 131 g/mol. The second-order valence-electron chi connectivity index (χ2n) is 2.29. The molecule has 0 aliphatic rings. The highest BCUT2D eigenvalue weighted by atomic mass is 32.1. The summed E-state index contributed by atoms with van der Waals surface area (Å²) in [5.41, 5.74) is 5.21. The van der Waals surface area contributed by atoms with Crippen molar-refractivity contribution >= 4 is 12.6 Å². The summed E-state index contributed by atoms with van der Waals surface area (Å²) in [5, 5.41) is 0. The molecule has 0 aromatic rings. The summed E-state index contributed by atoms with van der Waals surface area (Å²) in [6, 6.07) is 0. The van der Waals surface area contributed by atoms with E-state index in [4.69, 9.17) is 5.73 Å². The zero-order valence-corrected chi connectivity index (χ0v) is 6.28. The molecule has 48 valence electrons. The summed E-state index contributed by atoms with van der Waals surface area (Å²) >= 11 is 4.25. The number of hydrogen-bond acceptors (Lipinski definition) is 2. The van der Waals surface area contributed by atoms with Crippen molar-refractivity contribution in [1.29, 1.82) is 0 Å². The standard InChI is InChI=1S/C6H13NS/c1-6(2,8)4-3-5-7/h3-4,8H,5,7H2,1-2H3/b4-3+. The van der Waals surface area contributed by atoms with Crippen LogP contribution in [0.25, 0.3) is 0 Å². The van der Waals surface area contributed by atoms with Gasteiger partial charge in [-0.25, -0.2) is 0 Å². The van der Waals surface area contributed by atoms with E-state index in [0.717, 1.165) is 0 Å². The van der Waals surface area contributed by atoms with Gasteiger partial charge in [0.2, 0.25) is 0 Å². The van der Waals surface area contributed by atoms with Crippen LogP contribution in [-0.4, -0.2) is 11.3 Å². The van der Waals surface area contributed by atoms with Gasteiger partial charge in [-0.1, -0.05) is 12.2 Å². The van der Waals surface area contributed by atoms with Crippen molar-refractivity contribution in [3.05, 3.63) is 12.2 Å². The predicted octanol–water partition coefficient (Wildman–Crippen LogP) is 1.21. The third-order valence-electron chi connectivity index (χ3n) is 0.662. The topological polar surface area (TPSA) is 26.0 Å². The van der Waals surface area contributed by atoms with Crippen molar-refractivity contribution in [2.75, 3.05) is 6.54 Å². The van der Waals surface area contributed by atoms with Gasteiger partial charge in [0.25, 0.3) is 0 Å². The molecule has 0 saturated carbocycles. The average Bonchev–Trinajstić information content (AvgIpc) is 1.59. The first-order chi connectivity index (χ1) is 3.56. The minimum atomic E-state index is -0.0145. The van der Waals surface area contributed by atoms with E-state index in [-0.39, 0.29) is 4.75 Å². The van der Waals surface area contributed by atoms with E-state index in [9.17, 15) is 0 Å². The number of hydrogen-bond donors (Lipinski definition) is 2. The molecular formula is C6H13NS. The summed E-state index contributed by atoms with van der Waals surface area (Å²) in [6.07, 6.45) is 3.89. The van der Waals surface area contributed by atoms with E-state index in [0.29, 0.717) is 6.54 Å². The first-order valence-electron chi connectivity index (χ1n) is 2.66. The third-order valence-corrected chi connectivity index (χ3v) is 0.811. The van der Waals surface area contributed by atoms with Crippen molar-refractivity contribution in [2.24, 2.45) is 5.73 Å². The largest absolute Gasteiger partial charge is 0.327 e. The Morgan fingerprint density at radius 3 is 2.25 bits per heavy atom. The van der Waals surface area contributed by atoms with Gasteiger partial charge in [-0.3, -0.25) is 0 Å². The molecule has 0 bridgehead atoms. The summed E-state index contributed by atoms with van der Waals surface area (Å²) in [6.45, 7) is 4.63. The van der Waals surface area contributed by atoms with E-state index in [1.807, 2.05) is 26.0 Å². The van der Waals surface area contributed by atoms with Crippen LogP contribution in [0.4, 0.5) is 0 Å². The lowest BCUT2D eigenvalue weighted by Crippen LogP contribution is -2.05. The quantitative estimate of drug-likeness (QED) is 0.427. The molecule has 0 aromatic carbocycles. The highest BCUT2D eigenvalue weighted by Gasteiger charge is 2.02. The van der Waals surface area contributed by atoms with Crippen LogP contribution in [0, 0.1) is 0 Å². The highest BCUT2D eigenvalue weighted by Crippen LogP contribution is 2.12. The Morgan fingerprint density at radius 2 is 2.12 bits per heavy atom. The molecule has 8 heavy (non-hydrogen) atoms. The SMILES string of the molecule is CC(C)(S)/C=C/CN. The molecule has 0 fully saturated rings. The molecule has 0 unspecified atom stereocenters. The maximum atomic E-state index is 5.21. The van der Waals surface area contributed by atoms with Crippen LogP contribution >= 0.6 is 12.6 Å². The summed E-state index contributed by atoms with van der Waals surface area (Å²) in [5.74, 6) is 0. The Hall–Kier alpha value is 0.0500. The van der Waals surface area contributed by atoms with Crippen LogP contribution in [0.15, 0.2) is 12.2 Å². The van der Waals surface area contributed by atoms with Crippen molar-refractivity contribution in [3.8, 4) is 0 Å². The van der Waals surface area contributed by atoms with Gasteiger partial charge in [-0.05, 0) is 13.8 Å². The van der Waals surface area contributed by atoms with Gasteiger partial charge in [0.1, 0.15) is 0 Å². The van der Waals surface area contributed by atoms with Gasteiger partial charge in [0, 0.05) is 11.3 Å². The van der Waals surface area contributed by atoms with Gasteiger partial charge < -0.3 is 5.73 Å². The van der Waals surface area contributed by atoms with Crippen molar-refractivity contribution in [2.45, 2.75) is 18.6 Å². The molecule has 2 heteroatoms. The van der Waals surface area contributed by atoms with Gasteiger partial charge in [0.15, 0.2) is 0 Å². The molecular weight excluding hydrogens is 118 g/mol. The Balaban J connectivity index is 3.52. The second-order valence-corrected chi connectivity index (χ2v) is 3.44. The van der Waals surface area contributed by atoms with Crippen LogP contribution in [0.5, 0.6) is 0 Å². The Labute approximate surface area is 56.4 Å². The van der Waals surface area contributed by atoms with Gasteiger partial charge in [-0.15, -0.1) is 0 Å². The molecule has 0 rings (SSSR count). The number of nitrogens with two attached hydrogens (primary N) is 1. The molecule has 0 aliphatic carbocycles. The van der Waals surface area contributed by atoms with Crippen molar-refractivity contribution in [3.63, 3.8) is 0 Å². The third kappa shape index (κ3) is 6.05. The molecule has 0 aromatic heterocycles. The lowest BCUT2D eigenvalue weighted by molar-refractivity contribution is 0.903. The fraction of sp³-hybridized carbons (Fsp3) is 0.667. The first-order valence-corrected chi connectivity index (χ1v) is 3.11. The number of thiol groups is 1. The molecule has 0 radical (unpaired) electrons. The zero-order chi connectivity index (χ0) is 6.62. The van der Waals surface area contributed by atoms with Gasteiger partial charge >= 0.3 is 0 Å². The molecule has 0 saturated heterocycles. The number of rotatable bonds is 2. The van der Waals surface area contributed by atoms with Gasteiger partial charge in [-0.2, -0.15) is 12.6 Å². The van der Waals surface area contributed by atoms with E-state index in [1.54, 1.807) is 0 Å². The molecule has 0 heterocycles. The van der Waals surface area contributed by atoms with E-state index in [1.165, 1.54) is 0 Å². The molecule has 2 N–H and O–H groups in total. The van der Waals surface area contributed by atoms with Gasteiger partial charge in [0.05, 0.1) is 0 Å². The molecule has 1 nitrogen and oxygen atoms in total. The van der Waals surface area contributed by atoms with Crippen LogP contribution in [-0.2, 0) is 0 Å². The first kappa shape index (κ1) is 8.05. The Morgan fingerprint density at radius 1 is 1.62 bits per heavy atom. The van der Waals surface area contributed by atoms with Crippen LogP contribution in [0.3, 0.4) is 0 Å². The highest BCUT2D eigenvalue weighted by molar-refractivity contribution is 7.82. The predicted molar refractivity (Wildman–Crippen MR) is 41.3 cm³/mol. The smallest absolute Gasteiger partial charge is 0.0252 e. The fourth-order valence-electron chi connectivity index (χ4n) is 0.356. The second kappa shape index (κ2) is 3.15. The monoisotopic (exact) mass is 131 g/mol. The lowest BCUT2D eigenvalue weighted by Gasteiger charge is -2.08. The molecule has 0 aliphatic heterocycles. The Bertz CT molecular complexity index is 81.0. The normalized spacial score (nSPS) is 13.0. The summed E-state index contributed by atoms with van der Waals surface area (Å²) in [7, 11) is 0. The minimum absolute atomic E-state index is 0.0145. The van der Waals surface area contributed by atoms with E-state index < -0.39 is 0 Å². The maximum absolute atomic E-state index is 5.21. The molecule has 0 amide bonds. The maximum Gasteiger partial charge on any atom is 0.0252 e. The Kier molecular flexibility index (Phi) is 3.17. The van der Waals surface area contributed by atoms with Crippen LogP contribution in [0.1, 0.15) is 13.8 Å². The van der Waals surface area contributed by atoms with E-state index in [2.05, 4.69) is 12.6 Å². The summed E-state index contributed by atoms with van der Waals surface area (Å²) < 4.78 is -0.0145. The van der Waals surface area contributed by atoms with Crippen molar-refractivity contribution < 1.29 is 0 Å². The molecule has 0 atom stereocenters. The lowest BCUT2D eigenvalue weighted by atomic mass is 10.2. The zero-order valence-electron chi connectivity index (χ0n) is 5.39. The molecule has 0 spiro atoms. The van der Waals surface area contributed by atoms with Crippen LogP contribution in [0.2, 0.25) is 0 Å².